The Labute approximate surface area is 88.5 Å². The number of rotatable bonds is 2. The van der Waals surface area contributed by atoms with Gasteiger partial charge in [-0.2, -0.15) is 0 Å². The fourth-order valence-corrected chi connectivity index (χ4v) is 1.40. The van der Waals surface area contributed by atoms with E-state index in [0.29, 0.717) is 12.8 Å². The molecule has 6 heteroatoms. The smallest absolute Gasteiger partial charge is 0.322 e. The molecule has 1 aliphatic heterocycles. The van der Waals surface area contributed by atoms with E-state index in [2.05, 4.69) is 14.8 Å². The molecule has 1 aliphatic rings. The first kappa shape index (κ1) is 13.2. The van der Waals surface area contributed by atoms with Gasteiger partial charge in [0.05, 0.1) is 14.2 Å². The van der Waals surface area contributed by atoms with Gasteiger partial charge in [0.25, 0.3) is 0 Å². The van der Waals surface area contributed by atoms with E-state index in [0.717, 1.165) is 0 Å². The van der Waals surface area contributed by atoms with Crippen LogP contribution in [0.4, 0.5) is 0 Å². The molecule has 5 nitrogen and oxygen atoms in total. The van der Waals surface area contributed by atoms with Crippen molar-refractivity contribution < 1.29 is 19.1 Å². The van der Waals surface area contributed by atoms with Crippen molar-refractivity contribution in [1.82, 2.24) is 5.32 Å². The van der Waals surface area contributed by atoms with Crippen LogP contribution in [0, 0.1) is 0 Å². The molecule has 0 saturated carbocycles. The Kier molecular flexibility index (Phi) is 5.49. The minimum atomic E-state index is -0.367. The number of nitrogens with one attached hydrogen (secondary N) is 1. The van der Waals surface area contributed by atoms with Gasteiger partial charge in [-0.25, -0.2) is 0 Å². The van der Waals surface area contributed by atoms with E-state index in [4.69, 9.17) is 0 Å². The summed E-state index contributed by atoms with van der Waals surface area (Å²) in [6, 6.07) is -0.733. The van der Waals surface area contributed by atoms with Crippen molar-refractivity contribution in [2.45, 2.75) is 24.9 Å². The Hall–Kier alpha value is -0.810. The number of ether oxygens (including phenoxy) is 2. The zero-order chi connectivity index (χ0) is 9.84. The van der Waals surface area contributed by atoms with E-state index < -0.39 is 0 Å². The summed E-state index contributed by atoms with van der Waals surface area (Å²) in [6.07, 6.45) is 1.24. The number of carbonyl (C=O) groups excluding carboxylic acids is 2. The molecule has 1 N–H and O–H groups in total. The zero-order valence-corrected chi connectivity index (χ0v) is 8.93. The second kappa shape index (κ2) is 5.82. The molecule has 1 fully saturated rings. The van der Waals surface area contributed by atoms with Crippen molar-refractivity contribution in [2.75, 3.05) is 14.2 Å². The molecule has 2 atom stereocenters. The minimum absolute atomic E-state index is 0. The fraction of sp³-hybridized carbons (Fsp3) is 0.750. The molecule has 14 heavy (non-hydrogen) atoms. The number of hydrogen-bond donors (Lipinski definition) is 1. The van der Waals surface area contributed by atoms with E-state index in [1.165, 1.54) is 14.2 Å². The molecule has 0 unspecified atom stereocenters. The van der Waals surface area contributed by atoms with Crippen molar-refractivity contribution >= 4 is 24.3 Å². The van der Waals surface area contributed by atoms with Crippen LogP contribution in [0.3, 0.4) is 0 Å². The SMILES string of the molecule is COC(=O)[C@H]1CC[C@H](C(=O)OC)N1.Cl. The van der Waals surface area contributed by atoms with Crippen LogP contribution in [-0.2, 0) is 19.1 Å². The summed E-state index contributed by atoms with van der Waals surface area (Å²) in [5.41, 5.74) is 0. The second-order valence-electron chi connectivity index (χ2n) is 2.90. The van der Waals surface area contributed by atoms with Gasteiger partial charge in [0.1, 0.15) is 12.1 Å². The number of carbonyl (C=O) groups is 2. The highest BCUT2D eigenvalue weighted by molar-refractivity contribution is 5.85. The Morgan fingerprint density at radius 3 is 1.71 bits per heavy atom. The van der Waals surface area contributed by atoms with E-state index in [1.54, 1.807) is 0 Å². The van der Waals surface area contributed by atoms with Gasteiger partial charge < -0.3 is 9.47 Å². The van der Waals surface area contributed by atoms with Crippen LogP contribution in [-0.4, -0.2) is 38.2 Å². The quantitative estimate of drug-likeness (QED) is 0.661. The van der Waals surface area contributed by atoms with Gasteiger partial charge in [-0.3, -0.25) is 14.9 Å². The first-order valence-electron chi connectivity index (χ1n) is 4.10. The summed E-state index contributed by atoms with van der Waals surface area (Å²) in [6.45, 7) is 0. The molecule has 1 heterocycles. The summed E-state index contributed by atoms with van der Waals surface area (Å²) < 4.78 is 9.08. The predicted octanol–water partition coefficient (Wildman–Crippen LogP) is -0.125. The average molecular weight is 224 g/mol. The van der Waals surface area contributed by atoms with E-state index in [-0.39, 0.29) is 36.4 Å². The number of esters is 2. The zero-order valence-electron chi connectivity index (χ0n) is 8.11. The lowest BCUT2D eigenvalue weighted by Crippen LogP contribution is -2.40. The van der Waals surface area contributed by atoms with Crippen molar-refractivity contribution in [3.63, 3.8) is 0 Å². The highest BCUT2D eigenvalue weighted by Gasteiger charge is 2.34. The normalized spacial score (nSPS) is 25.0. The summed E-state index contributed by atoms with van der Waals surface area (Å²) in [5.74, 6) is -0.655. The third-order valence-electron chi connectivity index (χ3n) is 2.12. The second-order valence-corrected chi connectivity index (χ2v) is 2.90. The molecule has 0 aromatic rings. The van der Waals surface area contributed by atoms with Gasteiger partial charge in [-0.15, -0.1) is 12.4 Å². The molecular weight excluding hydrogens is 210 g/mol. The lowest BCUT2D eigenvalue weighted by atomic mass is 10.2. The van der Waals surface area contributed by atoms with Crippen LogP contribution in [0.25, 0.3) is 0 Å². The first-order valence-corrected chi connectivity index (χ1v) is 4.10. The van der Waals surface area contributed by atoms with E-state index in [1.807, 2.05) is 0 Å². The highest BCUT2D eigenvalue weighted by atomic mass is 35.5. The van der Waals surface area contributed by atoms with E-state index >= 15 is 0 Å². The maximum atomic E-state index is 11.0. The molecule has 0 aromatic heterocycles. The standard InChI is InChI=1S/C8H13NO4.ClH/c1-12-7(10)5-3-4-6(9-5)8(11)13-2;/h5-6,9H,3-4H2,1-2H3;1H/t5-,6-;/m1./s1. The maximum absolute atomic E-state index is 11.0. The molecular formula is C8H14ClNO4. The molecule has 0 spiro atoms. The topological polar surface area (TPSA) is 64.6 Å². The van der Waals surface area contributed by atoms with Crippen LogP contribution in [0.5, 0.6) is 0 Å². The third kappa shape index (κ3) is 2.85. The Morgan fingerprint density at radius 1 is 1.07 bits per heavy atom. The molecule has 0 aromatic carbocycles. The lowest BCUT2D eigenvalue weighted by Gasteiger charge is -2.10. The van der Waals surface area contributed by atoms with Crippen LogP contribution in [0.1, 0.15) is 12.8 Å². The number of hydrogen-bond acceptors (Lipinski definition) is 5. The molecule has 0 aliphatic carbocycles. The van der Waals surface area contributed by atoms with Crippen LogP contribution < -0.4 is 5.32 Å². The molecule has 0 bridgehead atoms. The Balaban J connectivity index is 0.00000169. The van der Waals surface area contributed by atoms with Crippen molar-refractivity contribution in [1.29, 1.82) is 0 Å². The van der Waals surface area contributed by atoms with Crippen LogP contribution in [0.2, 0.25) is 0 Å². The van der Waals surface area contributed by atoms with Crippen molar-refractivity contribution in [3.8, 4) is 0 Å². The molecule has 0 radical (unpaired) electrons. The van der Waals surface area contributed by atoms with Gasteiger partial charge >= 0.3 is 11.9 Å². The molecule has 1 rings (SSSR count). The van der Waals surface area contributed by atoms with Crippen LogP contribution in [0.15, 0.2) is 0 Å². The third-order valence-corrected chi connectivity index (χ3v) is 2.12. The Bertz CT molecular complexity index is 199. The summed E-state index contributed by atoms with van der Waals surface area (Å²) >= 11 is 0. The van der Waals surface area contributed by atoms with E-state index in [9.17, 15) is 9.59 Å². The highest BCUT2D eigenvalue weighted by Crippen LogP contribution is 2.14. The van der Waals surface area contributed by atoms with Gasteiger partial charge in [0.2, 0.25) is 0 Å². The number of methoxy groups -OCH3 is 2. The largest absolute Gasteiger partial charge is 0.468 e. The maximum Gasteiger partial charge on any atom is 0.322 e. The van der Waals surface area contributed by atoms with Crippen molar-refractivity contribution in [3.05, 3.63) is 0 Å². The Morgan fingerprint density at radius 2 is 1.43 bits per heavy atom. The summed E-state index contributed by atoms with van der Waals surface area (Å²) in [4.78, 5) is 22.1. The van der Waals surface area contributed by atoms with Gasteiger partial charge in [0.15, 0.2) is 0 Å². The van der Waals surface area contributed by atoms with Crippen molar-refractivity contribution in [2.24, 2.45) is 0 Å². The lowest BCUT2D eigenvalue weighted by molar-refractivity contribution is -0.144. The molecule has 82 valence electrons. The fourth-order valence-electron chi connectivity index (χ4n) is 1.40. The molecule has 1 saturated heterocycles. The first-order chi connectivity index (χ1) is 6.19. The van der Waals surface area contributed by atoms with Gasteiger partial charge in [0, 0.05) is 0 Å². The van der Waals surface area contributed by atoms with Gasteiger partial charge in [-0.1, -0.05) is 0 Å². The summed E-state index contributed by atoms with van der Waals surface area (Å²) in [7, 11) is 2.66. The average Bonchev–Trinajstić information content (AvgIpc) is 2.64. The van der Waals surface area contributed by atoms with Gasteiger partial charge in [-0.05, 0) is 12.8 Å². The van der Waals surface area contributed by atoms with Crippen LogP contribution >= 0.6 is 12.4 Å². The monoisotopic (exact) mass is 223 g/mol. The predicted molar refractivity (Wildman–Crippen MR) is 51.2 cm³/mol. The minimum Gasteiger partial charge on any atom is -0.468 e. The number of halogens is 1. The molecule has 0 amide bonds. The summed E-state index contributed by atoms with van der Waals surface area (Å²) in [5, 5.41) is 2.84.